The van der Waals surface area contributed by atoms with Crippen LogP contribution in [-0.4, -0.2) is 56.7 Å². The summed E-state index contributed by atoms with van der Waals surface area (Å²) in [5.41, 5.74) is 1.78. The molecule has 1 aliphatic heterocycles. The highest BCUT2D eigenvalue weighted by atomic mass is 35.5. The number of nitrogens with zero attached hydrogens (tertiary/aromatic N) is 5. The van der Waals surface area contributed by atoms with Crippen LogP contribution in [0.4, 0.5) is 8.78 Å². The van der Waals surface area contributed by atoms with Gasteiger partial charge in [-0.1, -0.05) is 29.3 Å². The number of aryl methyl sites for hydroxylation is 1. The lowest BCUT2D eigenvalue weighted by molar-refractivity contribution is -0.133. The summed E-state index contributed by atoms with van der Waals surface area (Å²) in [4.78, 5) is 21.6. The maximum absolute atomic E-state index is 13.9. The number of piperazine rings is 1. The Morgan fingerprint density at radius 1 is 1.11 bits per heavy atom. The first kappa shape index (κ1) is 24.7. The molecular weight excluding hydrogens is 511 g/mol. The Balaban J connectivity index is 1.31. The Kier molecular flexibility index (Phi) is 6.96. The van der Waals surface area contributed by atoms with Crippen molar-refractivity contribution in [3.05, 3.63) is 69.5 Å². The first-order chi connectivity index (χ1) is 17.3. The Labute approximate surface area is 216 Å². The molecule has 0 N–H and O–H groups in total. The smallest absolute Gasteiger partial charge is 0.264 e. The van der Waals surface area contributed by atoms with Crippen molar-refractivity contribution in [3.63, 3.8) is 0 Å². The minimum atomic E-state index is -2.72. The monoisotopic (exact) mass is 533 g/mol. The van der Waals surface area contributed by atoms with E-state index in [-0.39, 0.29) is 34.7 Å². The summed E-state index contributed by atoms with van der Waals surface area (Å²) in [7, 11) is 0. The number of halogens is 4. The molecule has 1 aromatic carbocycles. The van der Waals surface area contributed by atoms with Gasteiger partial charge in [0.1, 0.15) is 12.2 Å². The molecule has 11 heteroatoms. The topological polar surface area (TPSA) is 67.4 Å². The predicted molar refractivity (Wildman–Crippen MR) is 133 cm³/mol. The fourth-order valence-electron chi connectivity index (χ4n) is 4.50. The summed E-state index contributed by atoms with van der Waals surface area (Å²) in [6.07, 6.45) is -1.27. The third kappa shape index (κ3) is 4.96. The van der Waals surface area contributed by atoms with Crippen LogP contribution in [0.2, 0.25) is 10.0 Å². The van der Waals surface area contributed by atoms with Crippen LogP contribution in [0.15, 0.2) is 47.1 Å². The van der Waals surface area contributed by atoms with Crippen molar-refractivity contribution in [1.82, 2.24) is 24.6 Å². The van der Waals surface area contributed by atoms with Crippen molar-refractivity contribution in [1.29, 1.82) is 0 Å². The van der Waals surface area contributed by atoms with Gasteiger partial charge in [-0.3, -0.25) is 9.69 Å². The normalized spacial score (nSPS) is 14.8. The molecule has 1 fully saturated rings. The molecule has 0 radical (unpaired) electrons. The zero-order valence-corrected chi connectivity index (χ0v) is 20.9. The van der Waals surface area contributed by atoms with E-state index >= 15 is 0 Å². The van der Waals surface area contributed by atoms with E-state index in [0.717, 1.165) is 5.56 Å². The summed E-state index contributed by atoms with van der Waals surface area (Å²) >= 11 is 12.1. The van der Waals surface area contributed by atoms with Gasteiger partial charge in [-0.05, 0) is 42.8 Å². The molecule has 0 unspecified atom stereocenters. The number of rotatable bonds is 6. The van der Waals surface area contributed by atoms with Crippen molar-refractivity contribution in [2.45, 2.75) is 26.4 Å². The summed E-state index contributed by atoms with van der Waals surface area (Å²) < 4.78 is 34.6. The van der Waals surface area contributed by atoms with Crippen molar-refractivity contribution in [2.24, 2.45) is 0 Å². The number of hydrogen-bond donors (Lipinski definition) is 0. The average Bonchev–Trinajstić information content (AvgIpc) is 3.50. The van der Waals surface area contributed by atoms with Crippen molar-refractivity contribution in [2.75, 3.05) is 26.2 Å². The molecule has 7 nitrogen and oxygen atoms in total. The standard InChI is InChI=1S/C25H23Cl2F2N5O2/c1-15-23-17(24(28)29)12-20(21-3-2-10-36-21)30-25(23)34(31-15)14-22(35)33-8-6-32(7-9-33)13-16-4-5-18(26)19(27)11-16/h2-5,10-12,24H,6-9,13-14H2,1H3. The van der Waals surface area contributed by atoms with Crippen LogP contribution < -0.4 is 0 Å². The highest BCUT2D eigenvalue weighted by Crippen LogP contribution is 2.33. The van der Waals surface area contributed by atoms with Crippen LogP contribution >= 0.6 is 23.2 Å². The van der Waals surface area contributed by atoms with E-state index in [1.165, 1.54) is 17.0 Å². The van der Waals surface area contributed by atoms with E-state index in [0.29, 0.717) is 54.2 Å². The van der Waals surface area contributed by atoms with Gasteiger partial charge in [0.15, 0.2) is 11.4 Å². The van der Waals surface area contributed by atoms with Gasteiger partial charge >= 0.3 is 0 Å². The number of carbonyl (C=O) groups is 1. The number of benzene rings is 1. The van der Waals surface area contributed by atoms with Gasteiger partial charge in [0.2, 0.25) is 5.91 Å². The Morgan fingerprint density at radius 3 is 2.56 bits per heavy atom. The number of furan rings is 1. The van der Waals surface area contributed by atoms with Gasteiger partial charge in [-0.25, -0.2) is 18.4 Å². The molecule has 188 valence electrons. The SMILES string of the molecule is Cc1nn(CC(=O)N2CCN(Cc3ccc(Cl)c(Cl)c3)CC2)c2nc(-c3ccco3)cc(C(F)F)c12. The lowest BCUT2D eigenvalue weighted by Crippen LogP contribution is -2.49. The number of carbonyl (C=O) groups excluding carboxylic acids is 1. The van der Waals surface area contributed by atoms with Gasteiger partial charge in [-0.15, -0.1) is 0 Å². The fraction of sp³-hybridized carbons (Fsp3) is 0.320. The third-order valence-corrected chi connectivity index (χ3v) is 7.06. The maximum Gasteiger partial charge on any atom is 0.264 e. The van der Waals surface area contributed by atoms with Crippen molar-refractivity contribution >= 4 is 40.1 Å². The average molecular weight is 534 g/mol. The molecule has 0 spiro atoms. The second kappa shape index (κ2) is 10.2. The third-order valence-electron chi connectivity index (χ3n) is 6.32. The molecule has 5 rings (SSSR count). The summed E-state index contributed by atoms with van der Waals surface area (Å²) in [5, 5.41) is 5.68. The largest absolute Gasteiger partial charge is 0.463 e. The summed E-state index contributed by atoms with van der Waals surface area (Å²) in [6.45, 7) is 4.75. The van der Waals surface area contributed by atoms with Crippen molar-refractivity contribution in [3.8, 4) is 11.5 Å². The second-order valence-electron chi connectivity index (χ2n) is 8.72. The molecule has 3 aromatic heterocycles. The highest BCUT2D eigenvalue weighted by molar-refractivity contribution is 6.42. The molecule has 36 heavy (non-hydrogen) atoms. The molecule has 0 saturated carbocycles. The maximum atomic E-state index is 13.9. The zero-order valence-electron chi connectivity index (χ0n) is 19.4. The Bertz CT molecular complexity index is 1400. The van der Waals surface area contributed by atoms with E-state index in [1.807, 2.05) is 12.1 Å². The number of aromatic nitrogens is 3. The van der Waals surface area contributed by atoms with Gasteiger partial charge in [0, 0.05) is 38.3 Å². The zero-order chi connectivity index (χ0) is 25.4. The van der Waals surface area contributed by atoms with Gasteiger partial charge in [0.25, 0.3) is 6.43 Å². The van der Waals surface area contributed by atoms with Crippen LogP contribution in [0.25, 0.3) is 22.5 Å². The van der Waals surface area contributed by atoms with Crippen molar-refractivity contribution < 1.29 is 18.0 Å². The van der Waals surface area contributed by atoms with Crippen LogP contribution in [0.1, 0.15) is 23.2 Å². The molecular formula is C25H23Cl2F2N5O2. The van der Waals surface area contributed by atoms with Crippen LogP contribution in [0, 0.1) is 6.92 Å². The lowest BCUT2D eigenvalue weighted by Gasteiger charge is -2.34. The van der Waals surface area contributed by atoms with E-state index in [4.69, 9.17) is 27.6 Å². The minimum Gasteiger partial charge on any atom is -0.463 e. The first-order valence-corrected chi connectivity index (χ1v) is 12.2. The second-order valence-corrected chi connectivity index (χ2v) is 9.54. The molecule has 0 aliphatic carbocycles. The van der Waals surface area contributed by atoms with Crippen LogP contribution in [0.3, 0.4) is 0 Å². The lowest BCUT2D eigenvalue weighted by atomic mass is 10.1. The van der Waals surface area contributed by atoms with Crippen LogP contribution in [-0.2, 0) is 17.9 Å². The van der Waals surface area contributed by atoms with Gasteiger partial charge in [0.05, 0.1) is 27.4 Å². The van der Waals surface area contributed by atoms with E-state index in [9.17, 15) is 13.6 Å². The van der Waals surface area contributed by atoms with E-state index in [1.54, 1.807) is 30.0 Å². The number of hydrogen-bond acceptors (Lipinski definition) is 5. The number of fused-ring (bicyclic) bond motifs is 1. The number of amides is 1. The highest BCUT2D eigenvalue weighted by Gasteiger charge is 2.25. The molecule has 4 aromatic rings. The minimum absolute atomic E-state index is 0.0889. The van der Waals surface area contributed by atoms with Gasteiger partial charge < -0.3 is 9.32 Å². The quantitative estimate of drug-likeness (QED) is 0.323. The molecule has 1 amide bonds. The number of pyridine rings is 1. The fourth-order valence-corrected chi connectivity index (χ4v) is 4.82. The molecule has 0 atom stereocenters. The first-order valence-electron chi connectivity index (χ1n) is 11.4. The predicted octanol–water partition coefficient (Wildman–Crippen LogP) is 5.59. The Morgan fingerprint density at radius 2 is 1.89 bits per heavy atom. The molecule has 1 saturated heterocycles. The molecule has 4 heterocycles. The van der Waals surface area contributed by atoms with E-state index < -0.39 is 6.43 Å². The van der Waals surface area contributed by atoms with Gasteiger partial charge in [-0.2, -0.15) is 5.10 Å². The van der Waals surface area contributed by atoms with Crippen LogP contribution in [0.5, 0.6) is 0 Å². The summed E-state index contributed by atoms with van der Waals surface area (Å²) in [6, 6.07) is 10.2. The van der Waals surface area contributed by atoms with E-state index in [2.05, 4.69) is 15.0 Å². The summed E-state index contributed by atoms with van der Waals surface area (Å²) in [5.74, 6) is 0.228. The molecule has 0 bridgehead atoms. The molecule has 1 aliphatic rings. The number of alkyl halides is 2. The Hall–Kier alpha value is -3.01.